The molecular formula is C24H28N2O2. The van der Waals surface area contributed by atoms with Crippen LogP contribution >= 0.6 is 0 Å². The number of benzene rings is 2. The highest BCUT2D eigenvalue weighted by Crippen LogP contribution is 2.33. The van der Waals surface area contributed by atoms with E-state index in [0.29, 0.717) is 12.2 Å². The van der Waals surface area contributed by atoms with Gasteiger partial charge in [-0.1, -0.05) is 49.4 Å². The summed E-state index contributed by atoms with van der Waals surface area (Å²) in [5.74, 6) is 0.756. The molecule has 1 heterocycles. The Labute approximate surface area is 167 Å². The van der Waals surface area contributed by atoms with Crippen molar-refractivity contribution in [2.75, 3.05) is 6.61 Å². The van der Waals surface area contributed by atoms with Crippen LogP contribution in [0, 0.1) is 6.92 Å². The molecule has 28 heavy (non-hydrogen) atoms. The minimum absolute atomic E-state index is 0.0447. The van der Waals surface area contributed by atoms with Gasteiger partial charge in [-0.05, 0) is 51.0 Å². The lowest BCUT2D eigenvalue weighted by molar-refractivity contribution is 0.0938. The SMILES string of the molecule is CCOc1ccccc1-n1c(-c2ccccc2)cc(C(=O)N[C@@H](C)CC)c1C. The molecule has 0 fully saturated rings. The first-order valence-electron chi connectivity index (χ1n) is 9.87. The number of para-hydroxylation sites is 2. The first-order valence-corrected chi connectivity index (χ1v) is 9.87. The van der Waals surface area contributed by atoms with Crippen molar-refractivity contribution in [2.45, 2.75) is 40.2 Å². The number of nitrogens with one attached hydrogen (secondary N) is 1. The molecule has 1 atom stereocenters. The molecule has 3 rings (SSSR count). The van der Waals surface area contributed by atoms with Gasteiger partial charge in [0.2, 0.25) is 0 Å². The number of hydrogen-bond donors (Lipinski definition) is 1. The van der Waals surface area contributed by atoms with Gasteiger partial charge in [0.25, 0.3) is 5.91 Å². The van der Waals surface area contributed by atoms with Gasteiger partial charge in [-0.15, -0.1) is 0 Å². The number of hydrogen-bond acceptors (Lipinski definition) is 2. The van der Waals surface area contributed by atoms with Crippen LogP contribution in [-0.4, -0.2) is 23.1 Å². The number of rotatable bonds is 7. The molecule has 0 saturated carbocycles. The van der Waals surface area contributed by atoms with Gasteiger partial charge in [0.1, 0.15) is 5.75 Å². The van der Waals surface area contributed by atoms with E-state index in [1.807, 2.05) is 69.3 Å². The molecule has 0 saturated heterocycles. The summed E-state index contributed by atoms with van der Waals surface area (Å²) in [7, 11) is 0. The molecular weight excluding hydrogens is 348 g/mol. The predicted molar refractivity (Wildman–Crippen MR) is 114 cm³/mol. The number of aromatic nitrogens is 1. The smallest absolute Gasteiger partial charge is 0.253 e. The van der Waals surface area contributed by atoms with Gasteiger partial charge in [-0.3, -0.25) is 4.79 Å². The van der Waals surface area contributed by atoms with Gasteiger partial charge in [-0.2, -0.15) is 0 Å². The molecule has 0 aliphatic heterocycles. The van der Waals surface area contributed by atoms with E-state index in [1.54, 1.807) is 0 Å². The van der Waals surface area contributed by atoms with E-state index in [9.17, 15) is 4.79 Å². The highest BCUT2D eigenvalue weighted by atomic mass is 16.5. The minimum atomic E-state index is -0.0447. The van der Waals surface area contributed by atoms with E-state index >= 15 is 0 Å². The zero-order chi connectivity index (χ0) is 20.1. The maximum atomic E-state index is 12.9. The lowest BCUT2D eigenvalue weighted by Crippen LogP contribution is -2.32. The minimum Gasteiger partial charge on any atom is -0.492 e. The molecule has 2 aromatic carbocycles. The average molecular weight is 377 g/mol. The van der Waals surface area contributed by atoms with E-state index < -0.39 is 0 Å². The van der Waals surface area contributed by atoms with Crippen LogP contribution in [0.25, 0.3) is 16.9 Å². The molecule has 0 spiro atoms. The van der Waals surface area contributed by atoms with Crippen LogP contribution in [0.4, 0.5) is 0 Å². The van der Waals surface area contributed by atoms with E-state index in [0.717, 1.165) is 34.8 Å². The van der Waals surface area contributed by atoms with Crippen molar-refractivity contribution in [3.8, 4) is 22.7 Å². The number of ether oxygens (including phenoxy) is 1. The van der Waals surface area contributed by atoms with Crippen molar-refractivity contribution < 1.29 is 9.53 Å². The first-order chi connectivity index (χ1) is 13.6. The van der Waals surface area contributed by atoms with Crippen LogP contribution < -0.4 is 10.1 Å². The highest BCUT2D eigenvalue weighted by molar-refractivity contribution is 5.97. The van der Waals surface area contributed by atoms with Gasteiger partial charge < -0.3 is 14.6 Å². The monoisotopic (exact) mass is 376 g/mol. The van der Waals surface area contributed by atoms with E-state index in [4.69, 9.17) is 4.74 Å². The summed E-state index contributed by atoms with van der Waals surface area (Å²) in [5.41, 5.74) is 4.54. The summed E-state index contributed by atoms with van der Waals surface area (Å²) in [6.45, 7) is 8.63. The Morgan fingerprint density at radius 2 is 1.75 bits per heavy atom. The Kier molecular flexibility index (Phi) is 6.19. The standard InChI is InChI=1S/C24H28N2O2/c1-5-17(3)25-24(27)20-16-22(19-12-8-7-9-13-19)26(18(20)4)21-14-10-11-15-23(21)28-6-2/h7-17H,5-6H2,1-4H3,(H,25,27)/t17-/m0/s1. The largest absolute Gasteiger partial charge is 0.492 e. The Balaban J connectivity index is 2.19. The van der Waals surface area contributed by atoms with Crippen molar-refractivity contribution in [2.24, 2.45) is 0 Å². The molecule has 3 aromatic rings. The van der Waals surface area contributed by atoms with Crippen LogP contribution in [0.2, 0.25) is 0 Å². The maximum Gasteiger partial charge on any atom is 0.253 e. The van der Waals surface area contributed by atoms with Crippen molar-refractivity contribution in [1.29, 1.82) is 0 Å². The van der Waals surface area contributed by atoms with Crippen LogP contribution in [-0.2, 0) is 0 Å². The molecule has 1 amide bonds. The van der Waals surface area contributed by atoms with Gasteiger partial charge in [-0.25, -0.2) is 0 Å². The highest BCUT2D eigenvalue weighted by Gasteiger charge is 2.21. The summed E-state index contributed by atoms with van der Waals surface area (Å²) in [6.07, 6.45) is 0.893. The van der Waals surface area contributed by atoms with Gasteiger partial charge in [0.15, 0.2) is 0 Å². The molecule has 0 aliphatic carbocycles. The Bertz CT molecular complexity index is 944. The van der Waals surface area contributed by atoms with E-state index in [2.05, 4.69) is 28.9 Å². The van der Waals surface area contributed by atoms with Crippen molar-refractivity contribution in [1.82, 2.24) is 9.88 Å². The molecule has 1 N–H and O–H groups in total. The predicted octanol–water partition coefficient (Wildman–Crippen LogP) is 5.38. The molecule has 4 nitrogen and oxygen atoms in total. The number of amides is 1. The molecule has 146 valence electrons. The fraction of sp³-hybridized carbons (Fsp3) is 0.292. The van der Waals surface area contributed by atoms with Crippen molar-refractivity contribution in [3.05, 3.63) is 71.9 Å². The third-order valence-corrected chi connectivity index (χ3v) is 4.96. The zero-order valence-electron chi connectivity index (χ0n) is 17.0. The molecule has 0 aliphatic rings. The topological polar surface area (TPSA) is 43.3 Å². The van der Waals surface area contributed by atoms with Crippen LogP contribution in [0.3, 0.4) is 0 Å². The van der Waals surface area contributed by atoms with Gasteiger partial charge >= 0.3 is 0 Å². The van der Waals surface area contributed by atoms with Gasteiger partial charge in [0, 0.05) is 11.7 Å². The number of carbonyl (C=O) groups excluding carboxylic acids is 1. The normalized spacial score (nSPS) is 11.9. The number of carbonyl (C=O) groups is 1. The molecule has 0 radical (unpaired) electrons. The van der Waals surface area contributed by atoms with Crippen molar-refractivity contribution >= 4 is 5.91 Å². The van der Waals surface area contributed by atoms with Crippen molar-refractivity contribution in [3.63, 3.8) is 0 Å². The summed E-state index contributed by atoms with van der Waals surface area (Å²) < 4.78 is 7.98. The summed E-state index contributed by atoms with van der Waals surface area (Å²) >= 11 is 0. The lowest BCUT2D eigenvalue weighted by atomic mass is 10.1. The summed E-state index contributed by atoms with van der Waals surface area (Å²) in [6, 6.07) is 20.2. The third kappa shape index (κ3) is 3.96. The van der Waals surface area contributed by atoms with Gasteiger partial charge in [0.05, 0.1) is 23.6 Å². The summed E-state index contributed by atoms with van der Waals surface area (Å²) in [4.78, 5) is 12.9. The second-order valence-electron chi connectivity index (χ2n) is 6.91. The molecule has 4 heteroatoms. The zero-order valence-corrected chi connectivity index (χ0v) is 17.0. The van der Waals surface area contributed by atoms with Crippen LogP contribution in [0.1, 0.15) is 43.2 Å². The van der Waals surface area contributed by atoms with E-state index in [-0.39, 0.29) is 11.9 Å². The quantitative estimate of drug-likeness (QED) is 0.601. The maximum absolute atomic E-state index is 12.9. The Morgan fingerprint density at radius 3 is 2.43 bits per heavy atom. The molecule has 0 unspecified atom stereocenters. The summed E-state index contributed by atoms with van der Waals surface area (Å²) in [5, 5.41) is 3.09. The molecule has 0 bridgehead atoms. The number of nitrogens with zero attached hydrogens (tertiary/aromatic N) is 1. The third-order valence-electron chi connectivity index (χ3n) is 4.96. The van der Waals surface area contributed by atoms with E-state index in [1.165, 1.54) is 0 Å². The second-order valence-corrected chi connectivity index (χ2v) is 6.91. The molecule has 1 aromatic heterocycles. The second kappa shape index (κ2) is 8.79. The Morgan fingerprint density at radius 1 is 1.07 bits per heavy atom. The average Bonchev–Trinajstić information content (AvgIpc) is 3.06. The lowest BCUT2D eigenvalue weighted by Gasteiger charge is -2.16. The van der Waals surface area contributed by atoms with Crippen LogP contribution in [0.15, 0.2) is 60.7 Å². The van der Waals surface area contributed by atoms with Crippen LogP contribution in [0.5, 0.6) is 5.75 Å². The Hall–Kier alpha value is -3.01. The first kappa shape index (κ1) is 19.7. The fourth-order valence-corrected chi connectivity index (χ4v) is 3.29. The fourth-order valence-electron chi connectivity index (χ4n) is 3.29.